The minimum absolute atomic E-state index is 0.868. The maximum absolute atomic E-state index is 6.71. The van der Waals surface area contributed by atoms with Gasteiger partial charge < -0.3 is 8.98 Å². The summed E-state index contributed by atoms with van der Waals surface area (Å²) in [6.07, 6.45) is 0. The van der Waals surface area contributed by atoms with Crippen molar-refractivity contribution < 1.29 is 4.42 Å². The number of para-hydroxylation sites is 5. The van der Waals surface area contributed by atoms with E-state index in [1.54, 1.807) is 0 Å². The van der Waals surface area contributed by atoms with Gasteiger partial charge in [-0.2, -0.15) is 0 Å². The molecule has 3 heterocycles. The van der Waals surface area contributed by atoms with Crippen molar-refractivity contribution in [3.63, 3.8) is 0 Å². The molecule has 0 saturated heterocycles. The summed E-state index contributed by atoms with van der Waals surface area (Å²) in [6, 6.07) is 60.6. The molecule has 0 spiro atoms. The maximum Gasteiger partial charge on any atom is 0.213 e. The number of nitrogens with zero attached hydrogens (tertiary/aromatic N) is 2. The summed E-state index contributed by atoms with van der Waals surface area (Å²) in [5.74, 6) is 0. The van der Waals surface area contributed by atoms with E-state index in [4.69, 9.17) is 4.42 Å². The van der Waals surface area contributed by atoms with Gasteiger partial charge in [0, 0.05) is 32.8 Å². The largest absolute Gasteiger partial charge is 0.439 e. The summed E-state index contributed by atoms with van der Waals surface area (Å²) >= 11 is 0. The van der Waals surface area contributed by atoms with Crippen molar-refractivity contribution in [3.05, 3.63) is 170 Å². The van der Waals surface area contributed by atoms with E-state index in [2.05, 4.69) is 179 Å². The van der Waals surface area contributed by atoms with Gasteiger partial charge in [0.1, 0.15) is 5.58 Å². The van der Waals surface area contributed by atoms with Gasteiger partial charge in [-0.25, -0.2) is 0 Å². The highest BCUT2D eigenvalue weighted by atomic mass is 16.3. The third kappa shape index (κ3) is 3.81. The molecule has 0 unspecified atom stereocenters. The molecule has 3 aromatic heterocycles. The number of hydrogen-bond acceptors (Lipinski definition) is 1. The number of hydrogen-bond donors (Lipinski definition) is 0. The van der Waals surface area contributed by atoms with Gasteiger partial charge >= 0.3 is 0 Å². The summed E-state index contributed by atoms with van der Waals surface area (Å²) in [5.41, 5.74) is 12.2. The minimum Gasteiger partial charge on any atom is -0.439 e. The smallest absolute Gasteiger partial charge is 0.213 e. The normalized spacial score (nSPS) is 11.8. The Morgan fingerprint density at radius 3 is 1.68 bits per heavy atom. The molecule has 0 aliphatic heterocycles. The second-order valence-corrected chi connectivity index (χ2v) is 12.1. The summed E-state index contributed by atoms with van der Waals surface area (Å²) in [4.78, 5) is 0. The molecule has 0 bridgehead atoms. The molecular formula is C44H28N2O. The molecule has 0 aliphatic carbocycles. The van der Waals surface area contributed by atoms with Crippen LogP contribution in [0.1, 0.15) is 0 Å². The molecule has 0 N–H and O–H groups in total. The van der Waals surface area contributed by atoms with Gasteiger partial charge in [-0.15, -0.1) is 0 Å². The lowest BCUT2D eigenvalue weighted by Crippen LogP contribution is -1.97. The van der Waals surface area contributed by atoms with Crippen molar-refractivity contribution in [2.75, 3.05) is 0 Å². The maximum atomic E-state index is 6.71. The molecular weight excluding hydrogens is 572 g/mol. The SMILES string of the molecule is c1ccc(-n2c3ccccc3c3c4c(-c5cccc(-c6ccccc6-n6c7ccccc7c7ccccc76)c5)cccc4oc32)cc1. The number of rotatable bonds is 4. The molecule has 0 aliphatic rings. The van der Waals surface area contributed by atoms with Crippen LogP contribution in [0.2, 0.25) is 0 Å². The van der Waals surface area contributed by atoms with E-state index in [1.165, 1.54) is 38.3 Å². The lowest BCUT2D eigenvalue weighted by Gasteiger charge is -2.15. The molecule has 10 aromatic rings. The molecule has 0 fully saturated rings. The van der Waals surface area contributed by atoms with Crippen LogP contribution in [-0.2, 0) is 0 Å². The molecule has 220 valence electrons. The standard InChI is InChI=1S/C44H28N2O/c1-2-16-31(17-3-1)45-40-26-11-7-21-36(40)43-42-33(22-13-27-41(42)47-44(43)45)30-15-12-14-29(28-30)32-18-4-8-23-37(32)46-38-24-9-5-19-34(38)35-20-6-10-25-39(35)46/h1-28H. The molecule has 7 aromatic carbocycles. The predicted octanol–water partition coefficient (Wildman–Crippen LogP) is 12.0. The summed E-state index contributed by atoms with van der Waals surface area (Å²) in [6.45, 7) is 0. The average Bonchev–Trinajstić information content (AvgIpc) is 3.79. The summed E-state index contributed by atoms with van der Waals surface area (Å²) in [7, 11) is 0. The molecule has 0 saturated carbocycles. The Morgan fingerprint density at radius 1 is 0.383 bits per heavy atom. The van der Waals surface area contributed by atoms with Crippen LogP contribution in [-0.4, -0.2) is 9.13 Å². The van der Waals surface area contributed by atoms with Crippen molar-refractivity contribution in [2.24, 2.45) is 0 Å². The van der Waals surface area contributed by atoms with Crippen LogP contribution in [0.25, 0.3) is 88.4 Å². The summed E-state index contributed by atoms with van der Waals surface area (Å²) < 4.78 is 11.4. The van der Waals surface area contributed by atoms with E-state index >= 15 is 0 Å². The van der Waals surface area contributed by atoms with Crippen LogP contribution in [0.3, 0.4) is 0 Å². The zero-order valence-electron chi connectivity index (χ0n) is 25.5. The van der Waals surface area contributed by atoms with Crippen molar-refractivity contribution in [1.82, 2.24) is 9.13 Å². The quantitative estimate of drug-likeness (QED) is 0.197. The number of aromatic nitrogens is 2. The molecule has 10 rings (SSSR count). The highest BCUT2D eigenvalue weighted by Crippen LogP contribution is 2.44. The first-order chi connectivity index (χ1) is 23.3. The molecule has 0 amide bonds. The molecule has 0 radical (unpaired) electrons. The van der Waals surface area contributed by atoms with Crippen LogP contribution >= 0.6 is 0 Å². The van der Waals surface area contributed by atoms with Crippen molar-refractivity contribution >= 4 is 54.8 Å². The second-order valence-electron chi connectivity index (χ2n) is 12.1. The van der Waals surface area contributed by atoms with Gasteiger partial charge in [0.2, 0.25) is 5.71 Å². The Labute approximate surface area is 271 Å². The van der Waals surface area contributed by atoms with E-state index in [0.717, 1.165) is 50.1 Å². The first-order valence-corrected chi connectivity index (χ1v) is 16.0. The van der Waals surface area contributed by atoms with E-state index in [-0.39, 0.29) is 0 Å². The van der Waals surface area contributed by atoms with Gasteiger partial charge in [0.15, 0.2) is 0 Å². The number of fused-ring (bicyclic) bond motifs is 8. The predicted molar refractivity (Wildman–Crippen MR) is 196 cm³/mol. The van der Waals surface area contributed by atoms with E-state index in [1.807, 2.05) is 0 Å². The van der Waals surface area contributed by atoms with E-state index in [0.29, 0.717) is 0 Å². The van der Waals surface area contributed by atoms with Crippen molar-refractivity contribution in [1.29, 1.82) is 0 Å². The second kappa shape index (κ2) is 10.1. The van der Waals surface area contributed by atoms with Gasteiger partial charge in [0.05, 0.1) is 27.6 Å². The lowest BCUT2D eigenvalue weighted by atomic mass is 9.95. The topological polar surface area (TPSA) is 23.0 Å². The Kier molecular flexibility index (Phi) is 5.57. The van der Waals surface area contributed by atoms with E-state index in [9.17, 15) is 0 Å². The van der Waals surface area contributed by atoms with Crippen LogP contribution in [0, 0.1) is 0 Å². The van der Waals surface area contributed by atoms with Gasteiger partial charge in [-0.1, -0.05) is 121 Å². The zero-order valence-corrected chi connectivity index (χ0v) is 25.5. The zero-order chi connectivity index (χ0) is 30.9. The third-order valence-corrected chi connectivity index (χ3v) is 9.54. The van der Waals surface area contributed by atoms with Gasteiger partial charge in [-0.05, 0) is 65.2 Å². The molecule has 3 heteroatoms. The Bertz CT molecular complexity index is 2740. The Balaban J connectivity index is 1.21. The first kappa shape index (κ1) is 26.0. The minimum atomic E-state index is 0.868. The number of furan rings is 1. The Morgan fingerprint density at radius 2 is 0.936 bits per heavy atom. The van der Waals surface area contributed by atoms with Crippen molar-refractivity contribution in [3.8, 4) is 33.6 Å². The fraction of sp³-hybridized carbons (Fsp3) is 0. The highest BCUT2D eigenvalue weighted by molar-refractivity contribution is 6.23. The van der Waals surface area contributed by atoms with Crippen LogP contribution in [0.4, 0.5) is 0 Å². The van der Waals surface area contributed by atoms with Gasteiger partial charge in [0.25, 0.3) is 0 Å². The lowest BCUT2D eigenvalue weighted by molar-refractivity contribution is 0.645. The van der Waals surface area contributed by atoms with Gasteiger partial charge in [-0.3, -0.25) is 4.57 Å². The van der Waals surface area contributed by atoms with Crippen LogP contribution < -0.4 is 0 Å². The van der Waals surface area contributed by atoms with Crippen LogP contribution in [0.15, 0.2) is 174 Å². The Hall–Kier alpha value is -6.32. The fourth-order valence-electron chi connectivity index (χ4n) is 7.56. The van der Waals surface area contributed by atoms with Crippen LogP contribution in [0.5, 0.6) is 0 Å². The molecule has 3 nitrogen and oxygen atoms in total. The van der Waals surface area contributed by atoms with Crippen molar-refractivity contribution in [2.45, 2.75) is 0 Å². The molecule has 47 heavy (non-hydrogen) atoms. The first-order valence-electron chi connectivity index (χ1n) is 16.0. The summed E-state index contributed by atoms with van der Waals surface area (Å²) in [5, 5.41) is 5.99. The fourth-order valence-corrected chi connectivity index (χ4v) is 7.56. The monoisotopic (exact) mass is 600 g/mol. The number of benzene rings is 7. The highest BCUT2D eigenvalue weighted by Gasteiger charge is 2.22. The average molecular weight is 601 g/mol. The molecule has 0 atom stereocenters. The third-order valence-electron chi connectivity index (χ3n) is 9.54. The van der Waals surface area contributed by atoms with E-state index < -0.39 is 0 Å².